The highest BCUT2D eigenvalue weighted by atomic mass is 32.2. The van der Waals surface area contributed by atoms with Gasteiger partial charge in [-0.05, 0) is 30.6 Å². The van der Waals surface area contributed by atoms with Crippen LogP contribution in [0, 0.1) is 0 Å². The molecule has 0 bridgehead atoms. The van der Waals surface area contributed by atoms with Gasteiger partial charge in [-0.3, -0.25) is 0 Å². The van der Waals surface area contributed by atoms with Gasteiger partial charge in [0.15, 0.2) is 9.84 Å². The van der Waals surface area contributed by atoms with Gasteiger partial charge in [0.2, 0.25) is 0 Å². The molecule has 0 saturated carbocycles. The lowest BCUT2D eigenvalue weighted by Crippen LogP contribution is -2.12. The van der Waals surface area contributed by atoms with Crippen molar-refractivity contribution in [2.75, 3.05) is 11.5 Å². The first-order chi connectivity index (χ1) is 13.0. The standard InChI is InChI=1S/C22H22N2O2S/c1-17(14-18-8-4-2-5-9-18)22-21(19-10-6-3-7-11-19)23-16-24(22)20-12-13-27(25,26)15-20/h2-11,14,16,20H,12-13,15H2,1H3/b17-14+/t20-/m0/s1. The Bertz CT molecular complexity index is 1070. The molecule has 0 radical (unpaired) electrons. The molecule has 2 heterocycles. The van der Waals surface area contributed by atoms with E-state index in [9.17, 15) is 8.42 Å². The van der Waals surface area contributed by atoms with Gasteiger partial charge in [0.1, 0.15) is 0 Å². The average molecular weight is 378 g/mol. The Labute approximate surface area is 160 Å². The second-order valence-electron chi connectivity index (χ2n) is 7.01. The van der Waals surface area contributed by atoms with E-state index in [0.717, 1.165) is 28.1 Å². The van der Waals surface area contributed by atoms with Crippen molar-refractivity contribution in [2.45, 2.75) is 19.4 Å². The molecular weight excluding hydrogens is 356 g/mol. The largest absolute Gasteiger partial charge is 0.326 e. The minimum absolute atomic E-state index is 0.0610. The first-order valence-corrected chi connectivity index (χ1v) is 10.9. The van der Waals surface area contributed by atoms with Crippen molar-refractivity contribution in [2.24, 2.45) is 0 Å². The number of hydrogen-bond acceptors (Lipinski definition) is 3. The summed E-state index contributed by atoms with van der Waals surface area (Å²) < 4.78 is 26.1. The summed E-state index contributed by atoms with van der Waals surface area (Å²) in [6, 6.07) is 20.1. The molecule has 0 aliphatic carbocycles. The van der Waals surface area contributed by atoms with Crippen molar-refractivity contribution >= 4 is 21.5 Å². The van der Waals surface area contributed by atoms with E-state index in [2.05, 4.69) is 34.7 Å². The molecule has 1 aliphatic rings. The Balaban J connectivity index is 1.84. The molecule has 1 atom stereocenters. The zero-order chi connectivity index (χ0) is 18.9. The van der Waals surface area contributed by atoms with Crippen molar-refractivity contribution in [3.8, 4) is 11.3 Å². The van der Waals surface area contributed by atoms with E-state index in [1.54, 1.807) is 6.33 Å². The Morgan fingerprint density at radius 2 is 1.74 bits per heavy atom. The van der Waals surface area contributed by atoms with E-state index in [1.807, 2.05) is 48.5 Å². The molecule has 2 aromatic carbocycles. The second kappa shape index (κ2) is 7.16. The van der Waals surface area contributed by atoms with Gasteiger partial charge < -0.3 is 4.57 Å². The van der Waals surface area contributed by atoms with E-state index in [0.29, 0.717) is 6.42 Å². The third kappa shape index (κ3) is 3.74. The number of hydrogen-bond donors (Lipinski definition) is 0. The molecule has 5 heteroatoms. The molecule has 1 saturated heterocycles. The Kier molecular flexibility index (Phi) is 4.70. The van der Waals surface area contributed by atoms with Crippen molar-refractivity contribution in [1.82, 2.24) is 9.55 Å². The number of rotatable bonds is 4. The normalized spacial score (nSPS) is 19.3. The summed E-state index contributed by atoms with van der Waals surface area (Å²) in [5, 5.41) is 0. The number of aromatic nitrogens is 2. The van der Waals surface area contributed by atoms with Crippen LogP contribution in [-0.4, -0.2) is 29.5 Å². The fourth-order valence-corrected chi connectivity index (χ4v) is 5.41. The summed E-state index contributed by atoms with van der Waals surface area (Å²) in [5.74, 6) is 0.431. The molecule has 1 aliphatic heterocycles. The lowest BCUT2D eigenvalue weighted by molar-refractivity contribution is 0.550. The maximum absolute atomic E-state index is 12.0. The zero-order valence-corrected chi connectivity index (χ0v) is 16.1. The summed E-state index contributed by atoms with van der Waals surface area (Å²) in [6.45, 7) is 2.07. The molecule has 3 aromatic rings. The van der Waals surface area contributed by atoms with Crippen molar-refractivity contribution in [3.63, 3.8) is 0 Å². The smallest absolute Gasteiger partial charge is 0.152 e. The summed E-state index contributed by atoms with van der Waals surface area (Å²) >= 11 is 0. The minimum atomic E-state index is -2.97. The lowest BCUT2D eigenvalue weighted by atomic mass is 10.0. The maximum atomic E-state index is 12.0. The Morgan fingerprint density at radius 1 is 1.07 bits per heavy atom. The molecule has 4 rings (SSSR count). The van der Waals surface area contributed by atoms with Crippen LogP contribution in [0.4, 0.5) is 0 Å². The molecule has 4 nitrogen and oxygen atoms in total. The van der Waals surface area contributed by atoms with Gasteiger partial charge >= 0.3 is 0 Å². The first kappa shape index (κ1) is 17.7. The van der Waals surface area contributed by atoms with Gasteiger partial charge in [-0.15, -0.1) is 0 Å². The minimum Gasteiger partial charge on any atom is -0.326 e. The van der Waals surface area contributed by atoms with Gasteiger partial charge in [-0.2, -0.15) is 0 Å². The third-order valence-corrected chi connectivity index (χ3v) is 6.75. The fourth-order valence-electron chi connectivity index (χ4n) is 3.70. The van der Waals surface area contributed by atoms with E-state index >= 15 is 0 Å². The molecule has 1 aromatic heterocycles. The number of benzene rings is 2. The van der Waals surface area contributed by atoms with E-state index < -0.39 is 9.84 Å². The quantitative estimate of drug-likeness (QED) is 0.673. The van der Waals surface area contributed by atoms with E-state index in [4.69, 9.17) is 0 Å². The van der Waals surface area contributed by atoms with Crippen LogP contribution in [-0.2, 0) is 9.84 Å². The van der Waals surface area contributed by atoms with Crippen LogP contribution in [0.15, 0.2) is 67.0 Å². The topological polar surface area (TPSA) is 52.0 Å². The van der Waals surface area contributed by atoms with Gasteiger partial charge in [0.05, 0.1) is 35.3 Å². The second-order valence-corrected chi connectivity index (χ2v) is 9.24. The molecule has 138 valence electrons. The van der Waals surface area contributed by atoms with Crippen molar-refractivity contribution < 1.29 is 8.42 Å². The zero-order valence-electron chi connectivity index (χ0n) is 15.2. The molecule has 0 N–H and O–H groups in total. The molecule has 0 unspecified atom stereocenters. The van der Waals surface area contributed by atoms with Crippen LogP contribution in [0.2, 0.25) is 0 Å². The van der Waals surface area contributed by atoms with E-state index in [-0.39, 0.29) is 17.5 Å². The van der Waals surface area contributed by atoms with Gasteiger partial charge in [0.25, 0.3) is 0 Å². The summed E-state index contributed by atoms with van der Waals surface area (Å²) in [7, 11) is -2.97. The number of sulfone groups is 1. The highest BCUT2D eigenvalue weighted by molar-refractivity contribution is 7.91. The number of imidazole rings is 1. The van der Waals surface area contributed by atoms with Crippen LogP contribution < -0.4 is 0 Å². The molecule has 0 spiro atoms. The fraction of sp³-hybridized carbons (Fsp3) is 0.227. The monoisotopic (exact) mass is 378 g/mol. The average Bonchev–Trinajstić information content (AvgIpc) is 3.26. The van der Waals surface area contributed by atoms with Gasteiger partial charge in [-0.1, -0.05) is 60.7 Å². The predicted molar refractivity (Wildman–Crippen MR) is 110 cm³/mol. The molecular formula is C22H22N2O2S. The summed E-state index contributed by atoms with van der Waals surface area (Å²) in [5.41, 5.74) is 5.10. The number of nitrogens with zero attached hydrogens (tertiary/aromatic N) is 2. The van der Waals surface area contributed by atoms with Gasteiger partial charge in [-0.25, -0.2) is 13.4 Å². The SMILES string of the molecule is C/C(=C\c1ccccc1)c1c(-c2ccccc2)ncn1[C@H]1CCS(=O)(=O)C1. The predicted octanol–water partition coefficient (Wildman–Crippen LogP) is 4.47. The first-order valence-electron chi connectivity index (χ1n) is 9.10. The van der Waals surface area contributed by atoms with Crippen molar-refractivity contribution in [3.05, 3.63) is 78.2 Å². The molecule has 27 heavy (non-hydrogen) atoms. The van der Waals surface area contributed by atoms with Crippen LogP contribution in [0.25, 0.3) is 22.9 Å². The van der Waals surface area contributed by atoms with Crippen LogP contribution in [0.1, 0.15) is 30.6 Å². The van der Waals surface area contributed by atoms with Gasteiger partial charge in [0, 0.05) is 5.56 Å². The maximum Gasteiger partial charge on any atom is 0.152 e. The Hall–Kier alpha value is -2.66. The highest BCUT2D eigenvalue weighted by Gasteiger charge is 2.31. The van der Waals surface area contributed by atoms with E-state index in [1.165, 1.54) is 0 Å². The van der Waals surface area contributed by atoms with Crippen molar-refractivity contribution in [1.29, 1.82) is 0 Å². The Morgan fingerprint density at radius 3 is 2.37 bits per heavy atom. The number of allylic oxidation sites excluding steroid dienone is 1. The summed E-state index contributed by atoms with van der Waals surface area (Å²) in [6.07, 6.45) is 4.56. The third-order valence-electron chi connectivity index (χ3n) is 5.00. The van der Waals surface area contributed by atoms with Crippen LogP contribution in [0.5, 0.6) is 0 Å². The lowest BCUT2D eigenvalue weighted by Gasteiger charge is -2.16. The van der Waals surface area contributed by atoms with Crippen LogP contribution in [0.3, 0.4) is 0 Å². The molecule has 1 fully saturated rings. The van der Waals surface area contributed by atoms with Crippen LogP contribution >= 0.6 is 0 Å². The highest BCUT2D eigenvalue weighted by Crippen LogP contribution is 2.34. The molecule has 0 amide bonds. The summed E-state index contributed by atoms with van der Waals surface area (Å²) in [4.78, 5) is 4.67.